The van der Waals surface area contributed by atoms with Crippen LogP contribution in [0.1, 0.15) is 50.3 Å². The van der Waals surface area contributed by atoms with Crippen molar-refractivity contribution in [3.63, 3.8) is 0 Å². The van der Waals surface area contributed by atoms with E-state index in [1.807, 2.05) is 0 Å². The van der Waals surface area contributed by atoms with Crippen LogP contribution in [0, 0.1) is 6.42 Å². The fraction of sp³-hybridized carbons (Fsp3) is 0.500. The number of benzene rings is 1. The first-order valence-electron chi connectivity index (χ1n) is 5.73. The Bertz CT molecular complexity index is 273. The van der Waals surface area contributed by atoms with E-state index in [2.05, 4.69) is 45.4 Å². The highest BCUT2D eigenvalue weighted by Gasteiger charge is 2.01. The predicted molar refractivity (Wildman–Crippen MR) is 63.5 cm³/mol. The second-order valence-electron chi connectivity index (χ2n) is 3.82. The van der Waals surface area contributed by atoms with Gasteiger partial charge >= 0.3 is 0 Å². The minimum absolute atomic E-state index is 1.21. The van der Waals surface area contributed by atoms with Crippen molar-refractivity contribution < 1.29 is 0 Å². The minimum atomic E-state index is 1.21. The molecule has 0 nitrogen and oxygen atoms in total. The van der Waals surface area contributed by atoms with Gasteiger partial charge in [0.05, 0.1) is 0 Å². The van der Waals surface area contributed by atoms with Crippen molar-refractivity contribution in [3.05, 3.63) is 41.3 Å². The molecule has 0 aliphatic heterocycles. The second kappa shape index (κ2) is 5.85. The lowest BCUT2D eigenvalue weighted by Crippen LogP contribution is -1.94. The summed E-state index contributed by atoms with van der Waals surface area (Å²) < 4.78 is 0. The maximum absolute atomic E-state index is 2.38. The summed E-state index contributed by atoms with van der Waals surface area (Å²) in [6, 6.07) is 6.90. The third kappa shape index (κ3) is 2.87. The summed E-state index contributed by atoms with van der Waals surface area (Å²) in [6.07, 6.45) is 7.09. The van der Waals surface area contributed by atoms with Gasteiger partial charge in [0.1, 0.15) is 0 Å². The van der Waals surface area contributed by atoms with Crippen molar-refractivity contribution >= 4 is 0 Å². The van der Waals surface area contributed by atoms with Crippen molar-refractivity contribution in [1.29, 1.82) is 0 Å². The fourth-order valence-electron chi connectivity index (χ4n) is 1.87. The van der Waals surface area contributed by atoms with Crippen LogP contribution >= 0.6 is 0 Å². The molecule has 1 aromatic carbocycles. The normalized spacial score (nSPS) is 10.5. The van der Waals surface area contributed by atoms with E-state index in [0.29, 0.717) is 0 Å². The van der Waals surface area contributed by atoms with Crippen molar-refractivity contribution in [1.82, 2.24) is 0 Å². The topological polar surface area (TPSA) is 0 Å². The van der Waals surface area contributed by atoms with Gasteiger partial charge in [-0.25, -0.2) is 0 Å². The molecule has 1 rings (SSSR count). The predicted octanol–water partition coefficient (Wildman–Crippen LogP) is 4.16. The van der Waals surface area contributed by atoms with Crippen molar-refractivity contribution in [2.75, 3.05) is 0 Å². The van der Waals surface area contributed by atoms with Crippen LogP contribution in [0.4, 0.5) is 0 Å². The molecule has 77 valence electrons. The Labute approximate surface area is 88.4 Å². The second-order valence-corrected chi connectivity index (χ2v) is 3.82. The number of hydrogen-bond donors (Lipinski definition) is 0. The van der Waals surface area contributed by atoms with Gasteiger partial charge in [0.25, 0.3) is 0 Å². The van der Waals surface area contributed by atoms with Crippen molar-refractivity contribution in [2.24, 2.45) is 0 Å². The molecule has 1 aromatic rings. The average Bonchev–Trinajstić information content (AvgIpc) is 2.19. The Morgan fingerprint density at radius 1 is 1.07 bits per heavy atom. The molecule has 1 radical (unpaired) electrons. The van der Waals surface area contributed by atoms with Gasteiger partial charge in [0, 0.05) is 0 Å². The number of hydrogen-bond acceptors (Lipinski definition) is 0. The SMILES string of the molecule is C[CH]c1ccc(CCC)cc1CCC. The molecule has 0 N–H and O–H groups in total. The molecule has 14 heavy (non-hydrogen) atoms. The Balaban J connectivity index is 2.88. The van der Waals surface area contributed by atoms with Gasteiger partial charge < -0.3 is 0 Å². The average molecular weight is 189 g/mol. The van der Waals surface area contributed by atoms with Crippen LogP contribution < -0.4 is 0 Å². The molecule has 0 unspecified atom stereocenters. The van der Waals surface area contributed by atoms with Gasteiger partial charge in [-0.2, -0.15) is 0 Å². The summed E-state index contributed by atoms with van der Waals surface area (Å²) in [5, 5.41) is 0. The summed E-state index contributed by atoms with van der Waals surface area (Å²) in [6.45, 7) is 6.60. The number of rotatable bonds is 5. The standard InChI is InChI=1S/C14H21/c1-4-7-12-9-10-13(6-3)14(11-12)8-5-2/h6,9-11H,4-5,7-8H2,1-3H3. The summed E-state index contributed by atoms with van der Waals surface area (Å²) in [7, 11) is 0. The first kappa shape index (κ1) is 11.3. The van der Waals surface area contributed by atoms with E-state index in [9.17, 15) is 0 Å². The molecule has 0 aromatic heterocycles. The summed E-state index contributed by atoms with van der Waals surface area (Å²) >= 11 is 0. The molecule has 0 aliphatic rings. The summed E-state index contributed by atoms with van der Waals surface area (Å²) in [4.78, 5) is 0. The van der Waals surface area contributed by atoms with Crippen LogP contribution in [0.3, 0.4) is 0 Å². The lowest BCUT2D eigenvalue weighted by atomic mass is 9.97. The zero-order valence-electron chi connectivity index (χ0n) is 9.64. The van der Waals surface area contributed by atoms with E-state index < -0.39 is 0 Å². The minimum Gasteiger partial charge on any atom is -0.0651 e. The molecule has 0 fully saturated rings. The van der Waals surface area contributed by atoms with Crippen LogP contribution in [0.5, 0.6) is 0 Å². The van der Waals surface area contributed by atoms with Crippen LogP contribution in [-0.4, -0.2) is 0 Å². The molecule has 0 heteroatoms. The molecule has 0 atom stereocenters. The van der Waals surface area contributed by atoms with Crippen molar-refractivity contribution in [2.45, 2.75) is 46.5 Å². The van der Waals surface area contributed by atoms with Crippen molar-refractivity contribution in [3.8, 4) is 0 Å². The largest absolute Gasteiger partial charge is 0.0651 e. The Kier molecular flexibility index (Phi) is 4.72. The Morgan fingerprint density at radius 3 is 2.36 bits per heavy atom. The van der Waals surface area contributed by atoms with E-state index >= 15 is 0 Å². The van der Waals surface area contributed by atoms with Crippen LogP contribution in [-0.2, 0) is 12.8 Å². The quantitative estimate of drug-likeness (QED) is 0.652. The fourth-order valence-corrected chi connectivity index (χ4v) is 1.87. The van der Waals surface area contributed by atoms with Crippen LogP contribution in [0.2, 0.25) is 0 Å². The molecule has 0 amide bonds. The van der Waals surface area contributed by atoms with Gasteiger partial charge in [0.15, 0.2) is 0 Å². The van der Waals surface area contributed by atoms with Gasteiger partial charge in [-0.15, -0.1) is 0 Å². The molecular formula is C14H21. The van der Waals surface area contributed by atoms with Gasteiger partial charge in [-0.1, -0.05) is 51.8 Å². The lowest BCUT2D eigenvalue weighted by Gasteiger charge is -2.09. The highest BCUT2D eigenvalue weighted by atomic mass is 14.1. The van der Waals surface area contributed by atoms with E-state index in [-0.39, 0.29) is 0 Å². The molecule has 0 saturated carbocycles. The number of aryl methyl sites for hydroxylation is 2. The first-order chi connectivity index (χ1) is 6.81. The maximum Gasteiger partial charge on any atom is -0.0121 e. The van der Waals surface area contributed by atoms with Crippen LogP contribution in [0.25, 0.3) is 0 Å². The molecule has 0 saturated heterocycles. The highest BCUT2D eigenvalue weighted by Crippen LogP contribution is 2.16. The first-order valence-corrected chi connectivity index (χ1v) is 5.73. The monoisotopic (exact) mass is 189 g/mol. The molecular weight excluding hydrogens is 168 g/mol. The zero-order valence-corrected chi connectivity index (χ0v) is 9.64. The summed E-state index contributed by atoms with van der Waals surface area (Å²) in [5.41, 5.74) is 4.41. The smallest absolute Gasteiger partial charge is 0.0121 e. The van der Waals surface area contributed by atoms with E-state index in [1.54, 1.807) is 0 Å². The molecule has 0 bridgehead atoms. The molecule has 0 spiro atoms. The zero-order chi connectivity index (χ0) is 10.4. The van der Waals surface area contributed by atoms with E-state index in [4.69, 9.17) is 0 Å². The highest BCUT2D eigenvalue weighted by molar-refractivity contribution is 5.36. The third-order valence-corrected chi connectivity index (χ3v) is 2.58. The van der Waals surface area contributed by atoms with E-state index in [0.717, 1.165) is 0 Å². The van der Waals surface area contributed by atoms with Gasteiger partial charge in [-0.05, 0) is 36.0 Å². The summed E-state index contributed by atoms with van der Waals surface area (Å²) in [5.74, 6) is 0. The van der Waals surface area contributed by atoms with Crippen LogP contribution in [0.15, 0.2) is 18.2 Å². The molecule has 0 heterocycles. The molecule has 0 aliphatic carbocycles. The third-order valence-electron chi connectivity index (χ3n) is 2.58. The van der Waals surface area contributed by atoms with E-state index in [1.165, 1.54) is 42.4 Å². The van der Waals surface area contributed by atoms with Gasteiger partial charge in [0.2, 0.25) is 0 Å². The lowest BCUT2D eigenvalue weighted by molar-refractivity contribution is 0.890. The Morgan fingerprint density at radius 2 is 1.79 bits per heavy atom. The maximum atomic E-state index is 2.38. The Hall–Kier alpha value is -0.780. The van der Waals surface area contributed by atoms with Gasteiger partial charge in [-0.3, -0.25) is 0 Å².